The third kappa shape index (κ3) is 7.00. The highest BCUT2D eigenvalue weighted by Gasteiger charge is 2.30. The summed E-state index contributed by atoms with van der Waals surface area (Å²) in [5.74, 6) is -2.31. The van der Waals surface area contributed by atoms with Crippen LogP contribution in [0.3, 0.4) is 0 Å². The van der Waals surface area contributed by atoms with Crippen molar-refractivity contribution in [1.29, 1.82) is 0 Å². The van der Waals surface area contributed by atoms with Crippen LogP contribution in [0.5, 0.6) is 0 Å². The molecule has 188 valence electrons. The zero-order chi connectivity index (χ0) is 25.4. The Labute approximate surface area is 202 Å². The number of hydrogen-bond donors (Lipinski definition) is 3. The molecule has 35 heavy (non-hydrogen) atoms. The molecule has 2 amide bonds. The van der Waals surface area contributed by atoms with Crippen LogP contribution in [-0.4, -0.2) is 48.2 Å². The van der Waals surface area contributed by atoms with Gasteiger partial charge in [0.05, 0.1) is 6.42 Å². The quantitative estimate of drug-likeness (QED) is 0.402. The van der Waals surface area contributed by atoms with Crippen molar-refractivity contribution >= 4 is 18.0 Å². The second-order valence-corrected chi connectivity index (χ2v) is 8.62. The van der Waals surface area contributed by atoms with Crippen LogP contribution in [0.4, 0.5) is 13.6 Å². The largest absolute Gasteiger partial charge is 0.481 e. The first-order chi connectivity index (χ1) is 16.8. The molecule has 0 heterocycles. The number of alkyl carbamates (subject to hydrolysis) is 1. The number of carbonyl (C=O) groups excluding carboxylic acids is 2. The lowest BCUT2D eigenvalue weighted by Gasteiger charge is -2.21. The average molecular weight is 489 g/mol. The maximum Gasteiger partial charge on any atom is 0.407 e. The number of benzene rings is 2. The molecule has 3 rings (SSSR count). The van der Waals surface area contributed by atoms with E-state index >= 15 is 0 Å². The van der Waals surface area contributed by atoms with Crippen LogP contribution < -0.4 is 10.6 Å². The monoisotopic (exact) mass is 488 g/mol. The minimum atomic E-state index is -3.01. The fraction of sp³-hybridized carbons (Fsp3) is 0.423. The summed E-state index contributed by atoms with van der Waals surface area (Å²) >= 11 is 0. The number of ether oxygens (including phenoxy) is 1. The van der Waals surface area contributed by atoms with Gasteiger partial charge in [-0.25, -0.2) is 13.6 Å². The molecule has 2 aromatic rings. The molecule has 2 atom stereocenters. The fourth-order valence-electron chi connectivity index (χ4n) is 4.36. The van der Waals surface area contributed by atoms with Crippen LogP contribution >= 0.6 is 0 Å². The van der Waals surface area contributed by atoms with Gasteiger partial charge < -0.3 is 20.5 Å². The summed E-state index contributed by atoms with van der Waals surface area (Å²) in [6.07, 6.45) is -2.89. The Bertz CT molecular complexity index is 1000. The van der Waals surface area contributed by atoms with Gasteiger partial charge in [0.15, 0.2) is 0 Å². The van der Waals surface area contributed by atoms with E-state index < -0.39 is 42.9 Å². The van der Waals surface area contributed by atoms with Crippen LogP contribution in [0.15, 0.2) is 48.5 Å². The summed E-state index contributed by atoms with van der Waals surface area (Å²) in [6, 6.07) is 13.5. The van der Waals surface area contributed by atoms with Gasteiger partial charge in [0, 0.05) is 18.4 Å². The molecule has 1 aliphatic carbocycles. The molecule has 2 aromatic carbocycles. The van der Waals surface area contributed by atoms with Crippen LogP contribution in [0.25, 0.3) is 11.1 Å². The highest BCUT2D eigenvalue weighted by Crippen LogP contribution is 2.44. The van der Waals surface area contributed by atoms with E-state index in [-0.39, 0.29) is 18.9 Å². The zero-order valence-electron chi connectivity index (χ0n) is 19.5. The molecule has 3 N–H and O–H groups in total. The number of nitrogens with one attached hydrogen (secondary N) is 2. The Morgan fingerprint density at radius 1 is 0.971 bits per heavy atom. The summed E-state index contributed by atoms with van der Waals surface area (Å²) in [5, 5.41) is 13.5. The molecule has 0 aromatic heterocycles. The molecule has 2 unspecified atom stereocenters. The van der Waals surface area contributed by atoms with Crippen molar-refractivity contribution in [2.24, 2.45) is 0 Å². The lowest BCUT2D eigenvalue weighted by Crippen LogP contribution is -2.45. The number of fused-ring (bicyclic) bond motifs is 3. The van der Waals surface area contributed by atoms with Gasteiger partial charge in [-0.3, -0.25) is 9.59 Å². The van der Waals surface area contributed by atoms with Gasteiger partial charge in [0.1, 0.15) is 12.6 Å². The summed E-state index contributed by atoms with van der Waals surface area (Å²) in [7, 11) is 0. The molecule has 0 fully saturated rings. The van der Waals surface area contributed by atoms with Gasteiger partial charge >= 0.3 is 12.1 Å². The molecular weight excluding hydrogens is 458 g/mol. The molecule has 0 radical (unpaired) electrons. The van der Waals surface area contributed by atoms with Gasteiger partial charge in [-0.1, -0.05) is 68.3 Å². The van der Waals surface area contributed by atoms with E-state index in [2.05, 4.69) is 10.6 Å². The lowest BCUT2D eigenvalue weighted by atomic mass is 9.98. The minimum Gasteiger partial charge on any atom is -0.481 e. The summed E-state index contributed by atoms with van der Waals surface area (Å²) in [4.78, 5) is 35.7. The second-order valence-electron chi connectivity index (χ2n) is 8.62. The van der Waals surface area contributed by atoms with Crippen molar-refractivity contribution < 1.29 is 33.0 Å². The van der Waals surface area contributed by atoms with Crippen molar-refractivity contribution in [3.05, 3.63) is 59.7 Å². The second kappa shape index (κ2) is 12.3. The van der Waals surface area contributed by atoms with Crippen molar-refractivity contribution in [3.8, 4) is 11.1 Å². The van der Waals surface area contributed by atoms with E-state index in [4.69, 9.17) is 9.84 Å². The van der Waals surface area contributed by atoms with Crippen LogP contribution in [-0.2, 0) is 14.3 Å². The number of hydrogen-bond acceptors (Lipinski definition) is 4. The molecule has 7 nitrogen and oxygen atoms in total. The number of amides is 2. The molecule has 0 aliphatic heterocycles. The first kappa shape index (κ1) is 26.1. The van der Waals surface area contributed by atoms with Gasteiger partial charge in [-0.15, -0.1) is 0 Å². The van der Waals surface area contributed by atoms with E-state index in [1.165, 1.54) is 0 Å². The Kier molecular flexibility index (Phi) is 9.17. The maximum atomic E-state index is 13.1. The zero-order valence-corrected chi connectivity index (χ0v) is 19.5. The molecule has 9 heteroatoms. The maximum absolute atomic E-state index is 13.1. The average Bonchev–Trinajstić information content (AvgIpc) is 3.14. The number of halogens is 2. The number of carboxylic acid groups (broad SMARTS) is 1. The Morgan fingerprint density at radius 3 is 2.11 bits per heavy atom. The Hall–Kier alpha value is -3.49. The van der Waals surface area contributed by atoms with E-state index in [9.17, 15) is 23.2 Å². The number of alkyl halides is 2. The number of rotatable bonds is 12. The molecule has 0 saturated heterocycles. The molecular formula is C26H30F2N2O5. The molecule has 0 spiro atoms. The highest BCUT2D eigenvalue weighted by molar-refractivity contribution is 5.80. The van der Waals surface area contributed by atoms with Crippen molar-refractivity contribution in [2.75, 3.05) is 6.61 Å². The van der Waals surface area contributed by atoms with Gasteiger partial charge in [-0.05, 0) is 28.7 Å². The summed E-state index contributed by atoms with van der Waals surface area (Å²) < 4.78 is 31.6. The van der Waals surface area contributed by atoms with Gasteiger partial charge in [-0.2, -0.15) is 0 Å². The molecule has 0 saturated carbocycles. The SMILES string of the molecule is CCCCC(CC(=O)NC(CC(=O)O)C(F)F)NC(=O)OCC1c2ccccc2-c2ccccc21. The lowest BCUT2D eigenvalue weighted by molar-refractivity contribution is -0.139. The topological polar surface area (TPSA) is 105 Å². The molecule has 0 bridgehead atoms. The smallest absolute Gasteiger partial charge is 0.407 e. The minimum absolute atomic E-state index is 0.110. The number of carbonyl (C=O) groups is 3. The number of unbranched alkanes of at least 4 members (excludes halogenated alkanes) is 1. The van der Waals surface area contributed by atoms with E-state index in [0.29, 0.717) is 12.8 Å². The van der Waals surface area contributed by atoms with E-state index in [0.717, 1.165) is 28.7 Å². The molecule has 1 aliphatic rings. The van der Waals surface area contributed by atoms with E-state index in [1.54, 1.807) is 0 Å². The predicted molar refractivity (Wildman–Crippen MR) is 126 cm³/mol. The van der Waals surface area contributed by atoms with Gasteiger partial charge in [0.25, 0.3) is 6.43 Å². The Morgan fingerprint density at radius 2 is 1.57 bits per heavy atom. The van der Waals surface area contributed by atoms with Crippen LogP contribution in [0.2, 0.25) is 0 Å². The van der Waals surface area contributed by atoms with Crippen LogP contribution in [0, 0.1) is 0 Å². The summed E-state index contributed by atoms with van der Waals surface area (Å²) in [5.41, 5.74) is 4.34. The first-order valence-corrected chi connectivity index (χ1v) is 11.7. The van der Waals surface area contributed by atoms with Crippen molar-refractivity contribution in [2.45, 2.75) is 63.5 Å². The summed E-state index contributed by atoms with van der Waals surface area (Å²) in [6.45, 7) is 2.06. The van der Waals surface area contributed by atoms with Gasteiger partial charge in [0.2, 0.25) is 5.91 Å². The van der Waals surface area contributed by atoms with E-state index in [1.807, 2.05) is 55.5 Å². The normalized spacial score (nSPS) is 14.1. The number of aliphatic carboxylic acids is 1. The third-order valence-corrected chi connectivity index (χ3v) is 6.05. The number of carboxylic acids is 1. The standard InChI is InChI=1S/C26H30F2N2O5/c1-2-3-8-16(13-23(31)30-22(25(27)28)14-24(32)33)29-26(34)35-15-21-19-11-6-4-9-17(19)18-10-5-7-12-20(18)21/h4-7,9-12,16,21-22,25H,2-3,8,13-15H2,1H3,(H,29,34)(H,30,31)(H,32,33). The fourth-order valence-corrected chi connectivity index (χ4v) is 4.36. The van der Waals surface area contributed by atoms with Crippen molar-refractivity contribution in [1.82, 2.24) is 10.6 Å². The van der Waals surface area contributed by atoms with Crippen molar-refractivity contribution in [3.63, 3.8) is 0 Å². The first-order valence-electron chi connectivity index (χ1n) is 11.7. The Balaban J connectivity index is 1.60. The third-order valence-electron chi connectivity index (χ3n) is 6.05. The highest BCUT2D eigenvalue weighted by atomic mass is 19.3. The van der Waals surface area contributed by atoms with Crippen LogP contribution in [0.1, 0.15) is 56.1 Å². The predicted octanol–water partition coefficient (Wildman–Crippen LogP) is 4.70.